The Hall–Kier alpha value is -2.74. The summed E-state index contributed by atoms with van der Waals surface area (Å²) in [6.07, 6.45) is 3.65. The number of nitrogens with one attached hydrogen (secondary N) is 1. The normalized spacial score (nSPS) is 25.5. The van der Waals surface area contributed by atoms with Gasteiger partial charge in [0.25, 0.3) is 0 Å². The molecular weight excluding hydrogens is 423 g/mol. The molecule has 0 radical (unpaired) electrons. The van der Waals surface area contributed by atoms with E-state index in [2.05, 4.69) is 15.5 Å². The van der Waals surface area contributed by atoms with Gasteiger partial charge in [-0.15, -0.1) is 5.10 Å². The average molecular weight is 457 g/mol. The molecule has 1 aliphatic heterocycles. The van der Waals surface area contributed by atoms with Gasteiger partial charge in [-0.1, -0.05) is 12.1 Å². The van der Waals surface area contributed by atoms with Crippen LogP contribution in [0.15, 0.2) is 42.6 Å². The van der Waals surface area contributed by atoms with Crippen LogP contribution in [-0.2, 0) is 4.74 Å². The summed E-state index contributed by atoms with van der Waals surface area (Å²) in [6, 6.07) is 10.1. The molecule has 2 aromatic rings. The van der Waals surface area contributed by atoms with Crippen LogP contribution in [0.5, 0.6) is 5.88 Å². The van der Waals surface area contributed by atoms with Crippen molar-refractivity contribution in [3.05, 3.63) is 54.0 Å². The van der Waals surface area contributed by atoms with Crippen LogP contribution in [-0.4, -0.2) is 58.1 Å². The van der Waals surface area contributed by atoms with Crippen molar-refractivity contribution < 1.29 is 18.7 Å². The number of hydrogen-bond acceptors (Lipinski definition) is 6. The Morgan fingerprint density at radius 1 is 1.15 bits per heavy atom. The Morgan fingerprint density at radius 2 is 1.91 bits per heavy atom. The Bertz CT molecular complexity index is 913. The molecule has 4 rings (SSSR count). The van der Waals surface area contributed by atoms with Crippen molar-refractivity contribution >= 4 is 6.09 Å². The van der Waals surface area contributed by atoms with E-state index in [1.165, 1.54) is 12.1 Å². The third-order valence-corrected chi connectivity index (χ3v) is 6.42. The minimum Gasteiger partial charge on any atom is -0.469 e. The van der Waals surface area contributed by atoms with Crippen molar-refractivity contribution in [3.8, 4) is 5.88 Å². The van der Waals surface area contributed by atoms with Crippen molar-refractivity contribution in [3.63, 3.8) is 0 Å². The molecule has 1 aromatic heterocycles. The predicted octanol–water partition coefficient (Wildman–Crippen LogP) is 4.30. The summed E-state index contributed by atoms with van der Waals surface area (Å²) in [5.74, 6) is 0.214. The molecule has 0 bridgehead atoms. The van der Waals surface area contributed by atoms with Gasteiger partial charge in [-0.2, -0.15) is 5.10 Å². The number of rotatable bonds is 5. The summed E-state index contributed by atoms with van der Waals surface area (Å²) in [5.41, 5.74) is 0.628. The first-order valence-electron chi connectivity index (χ1n) is 11.7. The molecule has 1 aromatic carbocycles. The van der Waals surface area contributed by atoms with Crippen LogP contribution >= 0.6 is 0 Å². The third-order valence-electron chi connectivity index (χ3n) is 6.42. The first-order valence-corrected chi connectivity index (χ1v) is 11.7. The first-order chi connectivity index (χ1) is 15.8. The smallest absolute Gasteiger partial charge is 0.410 e. The topological polar surface area (TPSA) is 76.6 Å². The standard InChI is InChI=1S/C25H33FN4O3/c1-25(2,3)30(20-6-4-12-27-16-20)24(31)33-22-15-18(17-8-10-19(26)11-9-17)14-21(22)32-23-7-5-13-28-29-23/h5,7-11,13,18,20-22,27H,4,6,12,14-16H2,1-3H3/t18?,20?,21?,22-/m1/s1. The fraction of sp³-hybridized carbons (Fsp3) is 0.560. The first kappa shape index (κ1) is 23.4. The third kappa shape index (κ3) is 5.79. The summed E-state index contributed by atoms with van der Waals surface area (Å²) in [6.45, 7) is 7.83. The highest BCUT2D eigenvalue weighted by Gasteiger charge is 2.43. The Morgan fingerprint density at radius 3 is 2.55 bits per heavy atom. The maximum atomic E-state index is 13.5. The second-order valence-electron chi connectivity index (χ2n) is 9.90. The van der Waals surface area contributed by atoms with Crippen molar-refractivity contribution in [2.75, 3.05) is 13.1 Å². The van der Waals surface area contributed by atoms with E-state index in [4.69, 9.17) is 9.47 Å². The van der Waals surface area contributed by atoms with Crippen LogP contribution in [0.3, 0.4) is 0 Å². The fourth-order valence-corrected chi connectivity index (χ4v) is 4.93. The number of amides is 1. The quantitative estimate of drug-likeness (QED) is 0.723. The number of ether oxygens (including phenoxy) is 2. The summed E-state index contributed by atoms with van der Waals surface area (Å²) in [7, 11) is 0. The molecule has 1 amide bonds. The molecule has 2 heterocycles. The van der Waals surface area contributed by atoms with E-state index in [-0.39, 0.29) is 35.5 Å². The molecule has 1 saturated carbocycles. The number of benzene rings is 1. The molecule has 1 N–H and O–H groups in total. The van der Waals surface area contributed by atoms with E-state index in [0.717, 1.165) is 31.5 Å². The van der Waals surface area contributed by atoms with Gasteiger partial charge in [0.2, 0.25) is 5.88 Å². The molecule has 33 heavy (non-hydrogen) atoms. The molecular formula is C25H33FN4O3. The minimum atomic E-state index is -0.448. The number of carbonyl (C=O) groups is 1. The van der Waals surface area contributed by atoms with E-state index >= 15 is 0 Å². The lowest BCUT2D eigenvalue weighted by molar-refractivity contribution is -0.0141. The Balaban J connectivity index is 1.53. The van der Waals surface area contributed by atoms with Gasteiger partial charge in [0.15, 0.2) is 0 Å². The number of carbonyl (C=O) groups excluding carboxylic acids is 1. The summed E-state index contributed by atoms with van der Waals surface area (Å²) in [5, 5.41) is 11.3. The van der Waals surface area contributed by atoms with Crippen LogP contribution in [0, 0.1) is 5.82 Å². The van der Waals surface area contributed by atoms with Crippen LogP contribution in [0.2, 0.25) is 0 Å². The zero-order chi connectivity index (χ0) is 23.4. The molecule has 8 heteroatoms. The minimum absolute atomic E-state index is 0.0832. The highest BCUT2D eigenvalue weighted by molar-refractivity contribution is 5.69. The highest BCUT2D eigenvalue weighted by Crippen LogP contribution is 2.39. The number of piperidine rings is 1. The zero-order valence-corrected chi connectivity index (χ0v) is 19.5. The van der Waals surface area contributed by atoms with Gasteiger partial charge in [0.1, 0.15) is 18.0 Å². The lowest BCUT2D eigenvalue weighted by Crippen LogP contribution is -2.57. The SMILES string of the molecule is CC(C)(C)N(C(=O)O[C@@H]1CC(c2ccc(F)cc2)CC1Oc1cccnn1)C1CCCNC1. The molecule has 2 aliphatic rings. The average Bonchev–Trinajstić information content (AvgIpc) is 3.17. The van der Waals surface area contributed by atoms with Crippen molar-refractivity contribution in [2.45, 2.75) is 76.2 Å². The maximum absolute atomic E-state index is 13.5. The maximum Gasteiger partial charge on any atom is 0.410 e. The number of hydrogen-bond donors (Lipinski definition) is 1. The summed E-state index contributed by atoms with van der Waals surface area (Å²) < 4.78 is 25.7. The molecule has 0 spiro atoms. The van der Waals surface area contributed by atoms with Crippen LogP contribution in [0.25, 0.3) is 0 Å². The van der Waals surface area contributed by atoms with Crippen molar-refractivity contribution in [2.24, 2.45) is 0 Å². The second kappa shape index (κ2) is 10.0. The van der Waals surface area contributed by atoms with E-state index in [1.54, 1.807) is 30.5 Å². The van der Waals surface area contributed by atoms with Gasteiger partial charge >= 0.3 is 6.09 Å². The fourth-order valence-electron chi connectivity index (χ4n) is 4.93. The van der Waals surface area contributed by atoms with E-state index in [9.17, 15) is 9.18 Å². The largest absolute Gasteiger partial charge is 0.469 e. The highest BCUT2D eigenvalue weighted by atomic mass is 19.1. The molecule has 178 valence electrons. The second-order valence-corrected chi connectivity index (χ2v) is 9.90. The van der Waals surface area contributed by atoms with Gasteiger partial charge in [0, 0.05) is 30.4 Å². The van der Waals surface area contributed by atoms with Gasteiger partial charge in [-0.3, -0.25) is 4.90 Å². The van der Waals surface area contributed by atoms with E-state index < -0.39 is 6.10 Å². The summed E-state index contributed by atoms with van der Waals surface area (Å²) >= 11 is 0. The van der Waals surface area contributed by atoms with Gasteiger partial charge in [-0.05, 0) is 82.7 Å². The molecule has 7 nitrogen and oxygen atoms in total. The number of halogens is 1. The van der Waals surface area contributed by atoms with E-state index in [0.29, 0.717) is 18.7 Å². The van der Waals surface area contributed by atoms with Crippen LogP contribution < -0.4 is 10.1 Å². The molecule has 1 aliphatic carbocycles. The predicted molar refractivity (Wildman–Crippen MR) is 123 cm³/mol. The lowest BCUT2D eigenvalue weighted by atomic mass is 9.97. The Kier molecular flexibility index (Phi) is 7.12. The monoisotopic (exact) mass is 456 g/mol. The van der Waals surface area contributed by atoms with Gasteiger partial charge < -0.3 is 14.8 Å². The molecule has 3 unspecified atom stereocenters. The Labute approximate surface area is 194 Å². The van der Waals surface area contributed by atoms with Crippen molar-refractivity contribution in [1.82, 2.24) is 20.4 Å². The molecule has 2 fully saturated rings. The van der Waals surface area contributed by atoms with Crippen LogP contribution in [0.4, 0.5) is 9.18 Å². The van der Waals surface area contributed by atoms with Gasteiger partial charge in [0.05, 0.1) is 0 Å². The number of nitrogens with zero attached hydrogens (tertiary/aromatic N) is 3. The van der Waals surface area contributed by atoms with Crippen LogP contribution in [0.1, 0.15) is 57.9 Å². The zero-order valence-electron chi connectivity index (χ0n) is 19.5. The molecule has 4 atom stereocenters. The lowest BCUT2D eigenvalue weighted by Gasteiger charge is -2.43. The van der Waals surface area contributed by atoms with Gasteiger partial charge in [-0.25, -0.2) is 9.18 Å². The summed E-state index contributed by atoms with van der Waals surface area (Å²) in [4.78, 5) is 15.3. The molecule has 1 saturated heterocycles. The number of aromatic nitrogens is 2. The van der Waals surface area contributed by atoms with Crippen molar-refractivity contribution in [1.29, 1.82) is 0 Å². The van der Waals surface area contributed by atoms with E-state index in [1.807, 2.05) is 25.7 Å².